The molecule has 0 aromatic carbocycles. The Morgan fingerprint density at radius 3 is 2.45 bits per heavy atom. The average molecular weight is 306 g/mol. The topological polar surface area (TPSA) is 70.2 Å². The van der Waals surface area contributed by atoms with Crippen LogP contribution in [-0.4, -0.2) is 37.0 Å². The molecular weight excluding hydrogens is 278 g/mol. The Kier molecular flexibility index (Phi) is 7.52. The van der Waals surface area contributed by atoms with Crippen LogP contribution in [0.15, 0.2) is 0 Å². The van der Waals surface area contributed by atoms with Crippen LogP contribution >= 0.6 is 12.4 Å². The zero-order valence-corrected chi connectivity index (χ0v) is 13.8. The van der Waals surface area contributed by atoms with Crippen molar-refractivity contribution < 1.29 is 9.59 Å². The van der Waals surface area contributed by atoms with Crippen molar-refractivity contribution in [3.8, 4) is 0 Å². The molecule has 0 aromatic heterocycles. The summed E-state index contributed by atoms with van der Waals surface area (Å²) in [6.07, 6.45) is 2.25. The highest BCUT2D eigenvalue weighted by atomic mass is 35.5. The summed E-state index contributed by atoms with van der Waals surface area (Å²) in [6, 6.07) is 0. The van der Waals surface area contributed by atoms with Gasteiger partial charge in [0.05, 0.1) is 5.41 Å². The normalized spacial score (nSPS) is 22.6. The van der Waals surface area contributed by atoms with Crippen molar-refractivity contribution in [3.05, 3.63) is 0 Å². The number of nitrogens with one attached hydrogen (secondary N) is 3. The third-order valence-electron chi connectivity index (χ3n) is 3.30. The molecule has 1 unspecified atom stereocenters. The molecule has 118 valence electrons. The number of halogens is 1. The van der Waals surface area contributed by atoms with Crippen LogP contribution in [0.25, 0.3) is 0 Å². The monoisotopic (exact) mass is 305 g/mol. The van der Waals surface area contributed by atoms with Crippen molar-refractivity contribution in [3.63, 3.8) is 0 Å². The molecule has 1 rings (SSSR count). The number of carbonyl (C=O) groups excluding carboxylic acids is 2. The van der Waals surface area contributed by atoms with E-state index < -0.39 is 0 Å². The van der Waals surface area contributed by atoms with Crippen LogP contribution in [0, 0.1) is 5.41 Å². The lowest BCUT2D eigenvalue weighted by atomic mass is 9.82. The zero-order chi connectivity index (χ0) is 14.5. The third-order valence-corrected chi connectivity index (χ3v) is 3.30. The summed E-state index contributed by atoms with van der Waals surface area (Å²) in [7, 11) is 0. The highest BCUT2D eigenvalue weighted by molar-refractivity contribution is 5.85. The first-order valence-electron chi connectivity index (χ1n) is 7.03. The van der Waals surface area contributed by atoms with E-state index in [1.165, 1.54) is 0 Å². The molecule has 20 heavy (non-hydrogen) atoms. The first-order valence-corrected chi connectivity index (χ1v) is 7.03. The minimum Gasteiger partial charge on any atom is -0.355 e. The molecule has 0 saturated carbocycles. The summed E-state index contributed by atoms with van der Waals surface area (Å²) in [4.78, 5) is 23.7. The Hall–Kier alpha value is -0.810. The Labute approximate surface area is 128 Å². The van der Waals surface area contributed by atoms with Crippen LogP contribution in [-0.2, 0) is 9.59 Å². The lowest BCUT2D eigenvalue weighted by Gasteiger charge is -2.32. The predicted molar refractivity (Wildman–Crippen MR) is 83.0 cm³/mol. The lowest BCUT2D eigenvalue weighted by Crippen LogP contribution is -2.49. The molecule has 2 amide bonds. The minimum absolute atomic E-state index is 0. The Bertz CT molecular complexity index is 334. The van der Waals surface area contributed by atoms with Crippen molar-refractivity contribution >= 4 is 24.2 Å². The van der Waals surface area contributed by atoms with Crippen molar-refractivity contribution in [2.45, 2.75) is 52.5 Å². The van der Waals surface area contributed by atoms with Crippen molar-refractivity contribution in [2.24, 2.45) is 5.41 Å². The molecule has 1 heterocycles. The van der Waals surface area contributed by atoms with Gasteiger partial charge in [0.25, 0.3) is 0 Å². The SMILES string of the molecule is CC(C)(C)NC(=O)CCNC(=O)C1(C)CCCNC1.Cl. The number of hydrogen-bond donors (Lipinski definition) is 3. The molecule has 0 radical (unpaired) electrons. The van der Waals surface area contributed by atoms with Crippen LogP contribution in [0.2, 0.25) is 0 Å². The summed E-state index contributed by atoms with van der Waals surface area (Å²) in [5.74, 6) is 0.0166. The fourth-order valence-electron chi connectivity index (χ4n) is 2.23. The standard InChI is InChI=1S/C14H27N3O2.ClH/c1-13(2,3)17-11(18)6-9-16-12(19)14(4)7-5-8-15-10-14;/h15H,5-10H2,1-4H3,(H,16,19)(H,17,18);1H. The molecule has 6 heteroatoms. The van der Waals surface area contributed by atoms with Gasteiger partial charge in [0.2, 0.25) is 11.8 Å². The van der Waals surface area contributed by atoms with Crippen molar-refractivity contribution in [1.29, 1.82) is 0 Å². The van der Waals surface area contributed by atoms with E-state index in [4.69, 9.17) is 0 Å². The first kappa shape index (κ1) is 19.2. The van der Waals surface area contributed by atoms with E-state index in [1.54, 1.807) is 0 Å². The van der Waals surface area contributed by atoms with E-state index in [0.717, 1.165) is 19.4 Å². The van der Waals surface area contributed by atoms with Gasteiger partial charge in [-0.2, -0.15) is 0 Å². The summed E-state index contributed by atoms with van der Waals surface area (Å²) in [5, 5.41) is 9.00. The van der Waals surface area contributed by atoms with E-state index >= 15 is 0 Å². The average Bonchev–Trinajstić information content (AvgIpc) is 2.27. The fourth-order valence-corrected chi connectivity index (χ4v) is 2.23. The van der Waals surface area contributed by atoms with Gasteiger partial charge in [0.1, 0.15) is 0 Å². The molecule has 1 fully saturated rings. The molecular formula is C14H28ClN3O2. The first-order chi connectivity index (χ1) is 8.73. The largest absolute Gasteiger partial charge is 0.355 e. The number of hydrogen-bond acceptors (Lipinski definition) is 3. The van der Waals surface area contributed by atoms with Gasteiger partial charge >= 0.3 is 0 Å². The summed E-state index contributed by atoms with van der Waals surface area (Å²) < 4.78 is 0. The van der Waals surface area contributed by atoms with Crippen molar-refractivity contribution in [2.75, 3.05) is 19.6 Å². The molecule has 0 aromatic rings. The molecule has 5 nitrogen and oxygen atoms in total. The van der Waals surface area contributed by atoms with E-state index in [-0.39, 0.29) is 35.2 Å². The second-order valence-electron chi connectivity index (χ2n) is 6.65. The smallest absolute Gasteiger partial charge is 0.227 e. The van der Waals surface area contributed by atoms with Gasteiger partial charge in [-0.15, -0.1) is 12.4 Å². The van der Waals surface area contributed by atoms with Crippen LogP contribution in [0.4, 0.5) is 0 Å². The van der Waals surface area contributed by atoms with E-state index in [9.17, 15) is 9.59 Å². The molecule has 0 bridgehead atoms. The van der Waals surface area contributed by atoms with E-state index in [0.29, 0.717) is 19.5 Å². The minimum atomic E-state index is -0.335. The number of piperidine rings is 1. The Morgan fingerprint density at radius 1 is 1.30 bits per heavy atom. The Balaban J connectivity index is 0.00000361. The zero-order valence-electron chi connectivity index (χ0n) is 13.0. The molecule has 1 aliphatic rings. The van der Waals surface area contributed by atoms with Gasteiger partial charge in [-0.3, -0.25) is 9.59 Å². The van der Waals surface area contributed by atoms with Gasteiger partial charge in [-0.05, 0) is 47.1 Å². The van der Waals surface area contributed by atoms with Crippen LogP contribution in [0.1, 0.15) is 47.0 Å². The van der Waals surface area contributed by atoms with Gasteiger partial charge in [-0.25, -0.2) is 0 Å². The molecule has 1 atom stereocenters. The number of amides is 2. The molecule has 3 N–H and O–H groups in total. The predicted octanol–water partition coefficient (Wildman–Crippen LogP) is 1.22. The van der Waals surface area contributed by atoms with Crippen LogP contribution in [0.5, 0.6) is 0 Å². The van der Waals surface area contributed by atoms with Crippen LogP contribution in [0.3, 0.4) is 0 Å². The summed E-state index contributed by atoms with van der Waals surface area (Å²) in [5.41, 5.74) is -0.556. The highest BCUT2D eigenvalue weighted by Gasteiger charge is 2.34. The number of rotatable bonds is 4. The fraction of sp³-hybridized carbons (Fsp3) is 0.857. The maximum absolute atomic E-state index is 12.1. The molecule has 0 spiro atoms. The van der Waals surface area contributed by atoms with Gasteiger partial charge in [0, 0.05) is 25.0 Å². The summed E-state index contributed by atoms with van der Waals surface area (Å²) >= 11 is 0. The van der Waals surface area contributed by atoms with Crippen LogP contribution < -0.4 is 16.0 Å². The molecule has 1 saturated heterocycles. The third kappa shape index (κ3) is 6.57. The van der Waals surface area contributed by atoms with Gasteiger partial charge in [-0.1, -0.05) is 0 Å². The summed E-state index contributed by atoms with van der Waals surface area (Å²) in [6.45, 7) is 9.90. The second kappa shape index (κ2) is 7.84. The Morgan fingerprint density at radius 2 is 1.95 bits per heavy atom. The van der Waals surface area contributed by atoms with Crippen molar-refractivity contribution in [1.82, 2.24) is 16.0 Å². The van der Waals surface area contributed by atoms with E-state index in [2.05, 4.69) is 16.0 Å². The maximum atomic E-state index is 12.1. The van der Waals surface area contributed by atoms with E-state index in [1.807, 2.05) is 27.7 Å². The lowest BCUT2D eigenvalue weighted by molar-refractivity contribution is -0.131. The highest BCUT2D eigenvalue weighted by Crippen LogP contribution is 2.25. The molecule has 0 aliphatic carbocycles. The molecule has 1 aliphatic heterocycles. The van der Waals surface area contributed by atoms with Gasteiger partial charge in [0.15, 0.2) is 0 Å². The maximum Gasteiger partial charge on any atom is 0.227 e. The van der Waals surface area contributed by atoms with Gasteiger partial charge < -0.3 is 16.0 Å². The number of carbonyl (C=O) groups is 2. The second-order valence-corrected chi connectivity index (χ2v) is 6.65. The quantitative estimate of drug-likeness (QED) is 0.731.